The lowest BCUT2D eigenvalue weighted by molar-refractivity contribution is -0.154. The van der Waals surface area contributed by atoms with Crippen molar-refractivity contribution in [1.29, 1.82) is 0 Å². The van der Waals surface area contributed by atoms with Crippen LogP contribution in [0.15, 0.2) is 23.8 Å². The molecular formula is C23H39N3O3. The van der Waals surface area contributed by atoms with Crippen molar-refractivity contribution in [3.05, 3.63) is 23.8 Å². The summed E-state index contributed by atoms with van der Waals surface area (Å²) < 4.78 is 5.28. The van der Waals surface area contributed by atoms with E-state index in [1.165, 1.54) is 13.0 Å². The third-order valence-corrected chi connectivity index (χ3v) is 5.97. The number of carbonyl (C=O) groups excluding carboxylic acids is 2. The van der Waals surface area contributed by atoms with E-state index in [0.29, 0.717) is 25.0 Å². The molecule has 0 aromatic heterocycles. The molecule has 1 aliphatic heterocycles. The first kappa shape index (κ1) is 23.6. The van der Waals surface area contributed by atoms with E-state index in [1.54, 1.807) is 6.92 Å². The van der Waals surface area contributed by atoms with Crippen molar-refractivity contribution in [3.8, 4) is 0 Å². The molecule has 1 amide bonds. The van der Waals surface area contributed by atoms with Crippen LogP contribution < -0.4 is 5.32 Å². The van der Waals surface area contributed by atoms with E-state index >= 15 is 0 Å². The molecule has 1 saturated carbocycles. The number of nitrogens with one attached hydrogen (secondary N) is 1. The van der Waals surface area contributed by atoms with Gasteiger partial charge in [0, 0.05) is 38.3 Å². The molecule has 1 aliphatic carbocycles. The molecule has 0 bridgehead atoms. The van der Waals surface area contributed by atoms with Gasteiger partial charge in [0.15, 0.2) is 0 Å². The fourth-order valence-corrected chi connectivity index (χ4v) is 4.24. The van der Waals surface area contributed by atoms with Crippen LogP contribution in [0.2, 0.25) is 0 Å². The summed E-state index contributed by atoms with van der Waals surface area (Å²) in [6.07, 6.45) is 11.2. The maximum Gasteiger partial charge on any atom is 0.331 e. The average Bonchev–Trinajstić information content (AvgIpc) is 2.73. The van der Waals surface area contributed by atoms with Gasteiger partial charge in [-0.05, 0) is 39.7 Å². The first-order chi connectivity index (χ1) is 14.0. The Morgan fingerprint density at radius 2 is 1.69 bits per heavy atom. The number of ether oxygens (including phenoxy) is 1. The Morgan fingerprint density at radius 3 is 2.28 bits per heavy atom. The summed E-state index contributed by atoms with van der Waals surface area (Å²) in [7, 11) is 0. The van der Waals surface area contributed by atoms with Crippen LogP contribution in [-0.2, 0) is 14.3 Å². The smallest absolute Gasteiger partial charge is 0.331 e. The third-order valence-electron chi connectivity index (χ3n) is 5.97. The fraction of sp³-hybridized carbons (Fsp3) is 0.739. The van der Waals surface area contributed by atoms with Crippen LogP contribution in [0.25, 0.3) is 0 Å². The number of piperazine rings is 1. The second-order valence-corrected chi connectivity index (χ2v) is 8.11. The minimum atomic E-state index is -0.872. The lowest BCUT2D eigenvalue weighted by atomic mass is 9.81. The van der Waals surface area contributed by atoms with Gasteiger partial charge in [-0.25, -0.2) is 4.79 Å². The maximum absolute atomic E-state index is 12.9. The molecule has 0 atom stereocenters. The van der Waals surface area contributed by atoms with Gasteiger partial charge in [0.2, 0.25) is 0 Å². The molecular weight excluding hydrogens is 366 g/mol. The minimum absolute atomic E-state index is 0.188. The highest BCUT2D eigenvalue weighted by Gasteiger charge is 2.42. The number of hydrogen-bond acceptors (Lipinski definition) is 5. The number of esters is 1. The van der Waals surface area contributed by atoms with Crippen molar-refractivity contribution in [2.75, 3.05) is 45.9 Å². The van der Waals surface area contributed by atoms with Crippen molar-refractivity contribution in [2.45, 2.75) is 64.8 Å². The zero-order valence-electron chi connectivity index (χ0n) is 18.5. The molecule has 1 saturated heterocycles. The van der Waals surface area contributed by atoms with Crippen molar-refractivity contribution >= 4 is 11.9 Å². The van der Waals surface area contributed by atoms with Gasteiger partial charge in [-0.1, -0.05) is 44.4 Å². The maximum atomic E-state index is 12.9. The van der Waals surface area contributed by atoms with Crippen LogP contribution in [0.4, 0.5) is 0 Å². The predicted octanol–water partition coefficient (Wildman–Crippen LogP) is 2.90. The van der Waals surface area contributed by atoms with E-state index < -0.39 is 5.54 Å². The van der Waals surface area contributed by atoms with Crippen molar-refractivity contribution in [1.82, 2.24) is 15.1 Å². The molecule has 2 aliphatic rings. The Hall–Kier alpha value is -1.66. The second-order valence-electron chi connectivity index (χ2n) is 8.11. The molecule has 0 aromatic carbocycles. The zero-order valence-corrected chi connectivity index (χ0v) is 18.5. The number of hydrogen-bond donors (Lipinski definition) is 1. The van der Waals surface area contributed by atoms with Crippen molar-refractivity contribution < 1.29 is 14.3 Å². The Morgan fingerprint density at radius 1 is 1.03 bits per heavy atom. The summed E-state index contributed by atoms with van der Waals surface area (Å²) in [5, 5.41) is 3.02. The van der Waals surface area contributed by atoms with Gasteiger partial charge in [-0.15, -0.1) is 0 Å². The van der Waals surface area contributed by atoms with Crippen molar-refractivity contribution in [2.24, 2.45) is 0 Å². The van der Waals surface area contributed by atoms with E-state index in [9.17, 15) is 9.59 Å². The van der Waals surface area contributed by atoms with Crippen LogP contribution in [0.5, 0.6) is 0 Å². The molecule has 0 spiro atoms. The van der Waals surface area contributed by atoms with Crippen LogP contribution in [0.3, 0.4) is 0 Å². The quantitative estimate of drug-likeness (QED) is 0.363. The molecule has 0 radical (unpaired) electrons. The van der Waals surface area contributed by atoms with E-state index in [0.717, 1.165) is 52.0 Å². The van der Waals surface area contributed by atoms with E-state index in [-0.39, 0.29) is 11.9 Å². The summed E-state index contributed by atoms with van der Waals surface area (Å²) in [4.78, 5) is 30.4. The number of nitrogens with zero attached hydrogens (tertiary/aromatic N) is 2. The topological polar surface area (TPSA) is 61.9 Å². The Kier molecular flexibility index (Phi) is 9.88. The van der Waals surface area contributed by atoms with Gasteiger partial charge in [0.05, 0.1) is 6.61 Å². The molecule has 2 rings (SSSR count). The summed E-state index contributed by atoms with van der Waals surface area (Å²) >= 11 is 0. The van der Waals surface area contributed by atoms with Crippen LogP contribution in [0.1, 0.15) is 59.3 Å². The third kappa shape index (κ3) is 6.96. The summed E-state index contributed by atoms with van der Waals surface area (Å²) in [6, 6.07) is 0. The first-order valence-corrected chi connectivity index (χ1v) is 11.3. The van der Waals surface area contributed by atoms with Gasteiger partial charge in [0.1, 0.15) is 5.54 Å². The zero-order chi connectivity index (χ0) is 21.1. The lowest BCUT2D eigenvalue weighted by Gasteiger charge is -2.35. The molecule has 1 heterocycles. The van der Waals surface area contributed by atoms with E-state index in [1.807, 2.05) is 19.1 Å². The van der Waals surface area contributed by atoms with Gasteiger partial charge in [0.25, 0.3) is 5.91 Å². The highest BCUT2D eigenvalue weighted by molar-refractivity contribution is 5.99. The standard InChI is InChI=1S/C23H39N3O3/c1-4-14-25-16-18-26(19-17-25)15-10-11-20(5-2)21(27)24-23(22(28)29-6-3)12-8-7-9-13-23/h5,10-11H,4,6-9,12-19H2,1-3H3,(H,24,27)/b11-10-,20-5+. The summed E-state index contributed by atoms with van der Waals surface area (Å²) in [6.45, 7) is 12.6. The number of carbonyl (C=O) groups is 2. The largest absolute Gasteiger partial charge is 0.464 e. The van der Waals surface area contributed by atoms with E-state index in [4.69, 9.17) is 4.74 Å². The summed E-state index contributed by atoms with van der Waals surface area (Å²) in [5.74, 6) is -0.482. The van der Waals surface area contributed by atoms with Gasteiger partial charge >= 0.3 is 5.97 Å². The monoisotopic (exact) mass is 405 g/mol. The second kappa shape index (κ2) is 12.1. The highest BCUT2D eigenvalue weighted by atomic mass is 16.5. The van der Waals surface area contributed by atoms with Gasteiger partial charge in [-0.2, -0.15) is 0 Å². The van der Waals surface area contributed by atoms with Gasteiger partial charge < -0.3 is 15.0 Å². The molecule has 0 unspecified atom stereocenters. The number of rotatable bonds is 9. The normalized spacial score (nSPS) is 21.3. The number of amides is 1. The van der Waals surface area contributed by atoms with E-state index in [2.05, 4.69) is 28.1 Å². The van der Waals surface area contributed by atoms with Crippen molar-refractivity contribution in [3.63, 3.8) is 0 Å². The van der Waals surface area contributed by atoms with Crippen LogP contribution in [-0.4, -0.2) is 73.1 Å². The molecule has 6 heteroatoms. The molecule has 29 heavy (non-hydrogen) atoms. The first-order valence-electron chi connectivity index (χ1n) is 11.3. The number of allylic oxidation sites excluding steroid dienone is 1. The van der Waals surface area contributed by atoms with Crippen LogP contribution in [0, 0.1) is 0 Å². The lowest BCUT2D eigenvalue weighted by Crippen LogP contribution is -2.56. The Bertz CT molecular complexity index is 586. The molecule has 1 N–H and O–H groups in total. The average molecular weight is 406 g/mol. The Balaban J connectivity index is 1.90. The highest BCUT2D eigenvalue weighted by Crippen LogP contribution is 2.30. The predicted molar refractivity (Wildman–Crippen MR) is 117 cm³/mol. The minimum Gasteiger partial charge on any atom is -0.464 e. The molecule has 2 fully saturated rings. The summed E-state index contributed by atoms with van der Waals surface area (Å²) in [5.41, 5.74) is -0.271. The molecule has 0 aromatic rings. The molecule has 164 valence electrons. The van der Waals surface area contributed by atoms with Gasteiger partial charge in [-0.3, -0.25) is 9.69 Å². The van der Waals surface area contributed by atoms with Crippen LogP contribution >= 0.6 is 0 Å². The Labute approximate surface area is 176 Å². The fourth-order valence-electron chi connectivity index (χ4n) is 4.24. The SMILES string of the molecule is C/C=C(\C=C/CN1CCN(CCC)CC1)C(=O)NC1(C(=O)OCC)CCCCC1. The molecule has 6 nitrogen and oxygen atoms in total.